The maximum absolute atomic E-state index is 12.3. The number of hydrogen-bond acceptors (Lipinski definition) is 3. The van der Waals surface area contributed by atoms with Gasteiger partial charge in [-0.05, 0) is 25.2 Å². The normalized spacial score (nSPS) is 24.1. The van der Waals surface area contributed by atoms with E-state index in [0.29, 0.717) is 13.2 Å². The standard InChI is InChI=1S/C15H27NO2/c16-12-15(9-3-1-2-4-10-15)14(17)18-11-8-13-6-5-7-13/h13H,1-12,16H2. The molecule has 3 nitrogen and oxygen atoms in total. The predicted octanol–water partition coefficient (Wildman–Crippen LogP) is 3.02. The molecule has 0 aromatic heterocycles. The zero-order valence-electron chi connectivity index (χ0n) is 11.5. The maximum atomic E-state index is 12.3. The zero-order chi connectivity index (χ0) is 12.8. The fourth-order valence-corrected chi connectivity index (χ4v) is 3.15. The number of esters is 1. The van der Waals surface area contributed by atoms with E-state index in [2.05, 4.69) is 0 Å². The topological polar surface area (TPSA) is 52.3 Å². The van der Waals surface area contributed by atoms with Gasteiger partial charge in [-0.1, -0.05) is 44.9 Å². The maximum Gasteiger partial charge on any atom is 0.313 e. The molecule has 0 amide bonds. The Balaban J connectivity index is 1.79. The molecular formula is C15H27NO2. The van der Waals surface area contributed by atoms with Crippen LogP contribution < -0.4 is 5.73 Å². The van der Waals surface area contributed by atoms with Gasteiger partial charge in [0.2, 0.25) is 0 Å². The van der Waals surface area contributed by atoms with Gasteiger partial charge in [-0.15, -0.1) is 0 Å². The summed E-state index contributed by atoms with van der Waals surface area (Å²) in [5, 5.41) is 0. The summed E-state index contributed by atoms with van der Waals surface area (Å²) in [6, 6.07) is 0. The first-order valence-corrected chi connectivity index (χ1v) is 7.64. The molecule has 3 heteroatoms. The summed E-state index contributed by atoms with van der Waals surface area (Å²) in [5.74, 6) is 0.784. The molecule has 18 heavy (non-hydrogen) atoms. The molecule has 0 atom stereocenters. The second-order valence-corrected chi connectivity index (χ2v) is 6.12. The van der Waals surface area contributed by atoms with Crippen molar-refractivity contribution in [3.05, 3.63) is 0 Å². The molecule has 2 rings (SSSR count). The van der Waals surface area contributed by atoms with Gasteiger partial charge in [0.25, 0.3) is 0 Å². The van der Waals surface area contributed by atoms with E-state index in [1.807, 2.05) is 0 Å². The third kappa shape index (κ3) is 3.25. The van der Waals surface area contributed by atoms with Crippen molar-refractivity contribution in [3.63, 3.8) is 0 Å². The lowest BCUT2D eigenvalue weighted by atomic mass is 9.80. The molecule has 0 aromatic rings. The van der Waals surface area contributed by atoms with Crippen molar-refractivity contribution in [2.45, 2.75) is 64.2 Å². The minimum atomic E-state index is -0.365. The van der Waals surface area contributed by atoms with E-state index in [1.165, 1.54) is 32.1 Å². The molecule has 0 heterocycles. The van der Waals surface area contributed by atoms with Crippen LogP contribution in [-0.4, -0.2) is 19.1 Å². The molecule has 0 aromatic carbocycles. The minimum absolute atomic E-state index is 0.0220. The van der Waals surface area contributed by atoms with Gasteiger partial charge in [0, 0.05) is 6.54 Å². The van der Waals surface area contributed by atoms with Gasteiger partial charge < -0.3 is 10.5 Å². The highest BCUT2D eigenvalue weighted by molar-refractivity contribution is 5.77. The van der Waals surface area contributed by atoms with Crippen LogP contribution in [0.3, 0.4) is 0 Å². The number of carbonyl (C=O) groups is 1. The SMILES string of the molecule is NCC1(C(=O)OCCC2CCC2)CCCCCC1. The van der Waals surface area contributed by atoms with E-state index in [-0.39, 0.29) is 11.4 Å². The van der Waals surface area contributed by atoms with Crippen LogP contribution in [0.25, 0.3) is 0 Å². The summed E-state index contributed by atoms with van der Waals surface area (Å²) in [7, 11) is 0. The number of ether oxygens (including phenoxy) is 1. The third-order valence-electron chi connectivity index (χ3n) is 4.87. The van der Waals surface area contributed by atoms with Gasteiger partial charge in [0.15, 0.2) is 0 Å². The molecule has 2 fully saturated rings. The molecule has 0 radical (unpaired) electrons. The van der Waals surface area contributed by atoms with Gasteiger partial charge in [-0.2, -0.15) is 0 Å². The van der Waals surface area contributed by atoms with Crippen molar-refractivity contribution in [2.24, 2.45) is 17.1 Å². The van der Waals surface area contributed by atoms with Crippen LogP contribution >= 0.6 is 0 Å². The molecule has 2 N–H and O–H groups in total. The fourth-order valence-electron chi connectivity index (χ4n) is 3.15. The second-order valence-electron chi connectivity index (χ2n) is 6.12. The lowest BCUT2D eigenvalue weighted by molar-refractivity contribution is -0.156. The molecule has 0 aliphatic heterocycles. The Hall–Kier alpha value is -0.570. The van der Waals surface area contributed by atoms with E-state index in [1.54, 1.807) is 0 Å². The van der Waals surface area contributed by atoms with Crippen LogP contribution in [-0.2, 0) is 9.53 Å². The number of hydrogen-bond donors (Lipinski definition) is 1. The summed E-state index contributed by atoms with van der Waals surface area (Å²) in [4.78, 5) is 12.3. The Morgan fingerprint density at radius 1 is 1.11 bits per heavy atom. The van der Waals surface area contributed by atoms with Crippen LogP contribution in [0.1, 0.15) is 64.2 Å². The van der Waals surface area contributed by atoms with E-state index in [9.17, 15) is 4.79 Å². The van der Waals surface area contributed by atoms with E-state index >= 15 is 0 Å². The van der Waals surface area contributed by atoms with Crippen LogP contribution in [0.5, 0.6) is 0 Å². The quantitative estimate of drug-likeness (QED) is 0.605. The van der Waals surface area contributed by atoms with E-state index < -0.39 is 0 Å². The van der Waals surface area contributed by atoms with Crippen LogP contribution in [0.2, 0.25) is 0 Å². The van der Waals surface area contributed by atoms with Crippen molar-refractivity contribution < 1.29 is 9.53 Å². The largest absolute Gasteiger partial charge is 0.465 e. The average molecular weight is 253 g/mol. The van der Waals surface area contributed by atoms with Crippen LogP contribution in [0.4, 0.5) is 0 Å². The molecule has 0 spiro atoms. The monoisotopic (exact) mass is 253 g/mol. The fraction of sp³-hybridized carbons (Fsp3) is 0.933. The highest BCUT2D eigenvalue weighted by atomic mass is 16.5. The number of carbonyl (C=O) groups excluding carboxylic acids is 1. The van der Waals surface area contributed by atoms with E-state index in [0.717, 1.165) is 38.0 Å². The summed E-state index contributed by atoms with van der Waals surface area (Å²) in [6.45, 7) is 1.06. The Morgan fingerprint density at radius 2 is 1.78 bits per heavy atom. The van der Waals surface area contributed by atoms with Gasteiger partial charge in [0.05, 0.1) is 12.0 Å². The summed E-state index contributed by atoms with van der Waals surface area (Å²) < 4.78 is 5.52. The van der Waals surface area contributed by atoms with Gasteiger partial charge in [-0.25, -0.2) is 0 Å². The zero-order valence-corrected chi connectivity index (χ0v) is 11.5. The predicted molar refractivity (Wildman–Crippen MR) is 72.1 cm³/mol. The van der Waals surface area contributed by atoms with Crippen molar-refractivity contribution >= 4 is 5.97 Å². The molecule has 2 aliphatic carbocycles. The van der Waals surface area contributed by atoms with Gasteiger partial charge in [0.1, 0.15) is 0 Å². The molecule has 2 saturated carbocycles. The lowest BCUT2D eigenvalue weighted by Gasteiger charge is -2.30. The minimum Gasteiger partial charge on any atom is -0.465 e. The van der Waals surface area contributed by atoms with Crippen molar-refractivity contribution in [2.75, 3.05) is 13.2 Å². The Kier molecular flexibility index (Phi) is 5.04. The first-order valence-electron chi connectivity index (χ1n) is 7.64. The first kappa shape index (κ1) is 13.9. The number of rotatable bonds is 5. The molecule has 0 unspecified atom stereocenters. The smallest absolute Gasteiger partial charge is 0.313 e. The Morgan fingerprint density at radius 3 is 2.28 bits per heavy atom. The molecule has 2 aliphatic rings. The van der Waals surface area contributed by atoms with Crippen molar-refractivity contribution in [1.82, 2.24) is 0 Å². The first-order chi connectivity index (χ1) is 8.77. The number of nitrogens with two attached hydrogens (primary N) is 1. The van der Waals surface area contributed by atoms with Gasteiger partial charge in [-0.3, -0.25) is 4.79 Å². The van der Waals surface area contributed by atoms with Crippen LogP contribution in [0.15, 0.2) is 0 Å². The third-order valence-corrected chi connectivity index (χ3v) is 4.87. The summed E-state index contributed by atoms with van der Waals surface area (Å²) >= 11 is 0. The van der Waals surface area contributed by atoms with Crippen molar-refractivity contribution in [1.29, 1.82) is 0 Å². The summed E-state index contributed by atoms with van der Waals surface area (Å²) in [6.07, 6.45) is 11.6. The Bertz CT molecular complexity index is 266. The van der Waals surface area contributed by atoms with Crippen LogP contribution in [0, 0.1) is 11.3 Å². The van der Waals surface area contributed by atoms with E-state index in [4.69, 9.17) is 10.5 Å². The molecule has 0 bridgehead atoms. The lowest BCUT2D eigenvalue weighted by Crippen LogP contribution is -2.40. The highest BCUT2D eigenvalue weighted by Gasteiger charge is 2.38. The molecular weight excluding hydrogens is 226 g/mol. The van der Waals surface area contributed by atoms with Crippen molar-refractivity contribution in [3.8, 4) is 0 Å². The highest BCUT2D eigenvalue weighted by Crippen LogP contribution is 2.36. The Labute approximate surface area is 110 Å². The van der Waals surface area contributed by atoms with Gasteiger partial charge >= 0.3 is 5.97 Å². The average Bonchev–Trinajstić information content (AvgIpc) is 2.58. The second kappa shape index (κ2) is 6.55. The molecule has 104 valence electrons. The summed E-state index contributed by atoms with van der Waals surface area (Å²) in [5.41, 5.74) is 5.51. The molecule has 0 saturated heterocycles.